The fourth-order valence-corrected chi connectivity index (χ4v) is 4.78. The molecule has 0 radical (unpaired) electrons. The molecule has 0 aliphatic carbocycles. The Labute approximate surface area is 255 Å². The second-order valence-electron chi connectivity index (χ2n) is 9.27. The SMILES string of the molecule is COCCOCCOCCN[C@H]1CCN(CC(c2ccccc2)N(C)C(=O)Cc2ccc(Cl)c(Cl)c2)C1.Cl.Cl. The molecule has 2 aromatic carbocycles. The number of amides is 1. The van der Waals surface area contributed by atoms with Gasteiger partial charge in [-0.2, -0.15) is 0 Å². The Bertz CT molecular complexity index is 958. The molecule has 3 rings (SSSR count). The Morgan fingerprint density at radius 2 is 1.72 bits per heavy atom. The second-order valence-corrected chi connectivity index (χ2v) is 10.1. The normalized spacial score (nSPS) is 15.8. The maximum atomic E-state index is 13.3. The number of carbonyl (C=O) groups is 1. The Hall–Kier alpha value is -1.13. The highest BCUT2D eigenvalue weighted by molar-refractivity contribution is 6.42. The van der Waals surface area contributed by atoms with E-state index in [-0.39, 0.29) is 43.2 Å². The number of nitrogens with one attached hydrogen (secondary N) is 1. The van der Waals surface area contributed by atoms with Crippen LogP contribution in [0.4, 0.5) is 0 Å². The van der Waals surface area contributed by atoms with E-state index < -0.39 is 0 Å². The van der Waals surface area contributed by atoms with Gasteiger partial charge in [0.1, 0.15) is 0 Å². The third-order valence-corrected chi connectivity index (χ3v) is 7.31. The van der Waals surface area contributed by atoms with E-state index in [4.69, 9.17) is 37.4 Å². The summed E-state index contributed by atoms with van der Waals surface area (Å²) >= 11 is 12.2. The molecule has 1 unspecified atom stereocenters. The van der Waals surface area contributed by atoms with Crippen molar-refractivity contribution < 1.29 is 19.0 Å². The highest BCUT2D eigenvalue weighted by Gasteiger charge is 2.28. The molecule has 39 heavy (non-hydrogen) atoms. The molecular weight excluding hydrogens is 584 g/mol. The van der Waals surface area contributed by atoms with Gasteiger partial charge in [0.2, 0.25) is 5.91 Å². The van der Waals surface area contributed by atoms with Crippen molar-refractivity contribution in [2.75, 3.05) is 73.4 Å². The minimum Gasteiger partial charge on any atom is -0.382 e. The number of methoxy groups -OCH3 is 1. The van der Waals surface area contributed by atoms with Crippen LogP contribution in [-0.4, -0.2) is 95.1 Å². The maximum absolute atomic E-state index is 13.3. The van der Waals surface area contributed by atoms with Crippen LogP contribution >= 0.6 is 48.0 Å². The van der Waals surface area contributed by atoms with Crippen LogP contribution in [-0.2, 0) is 25.4 Å². The van der Waals surface area contributed by atoms with Crippen molar-refractivity contribution in [1.29, 1.82) is 0 Å². The number of hydrogen-bond acceptors (Lipinski definition) is 6. The molecule has 0 spiro atoms. The van der Waals surface area contributed by atoms with Crippen molar-refractivity contribution in [3.8, 4) is 0 Å². The van der Waals surface area contributed by atoms with Gasteiger partial charge < -0.3 is 24.4 Å². The summed E-state index contributed by atoms with van der Waals surface area (Å²) in [6.45, 7) is 6.54. The summed E-state index contributed by atoms with van der Waals surface area (Å²) in [5.41, 5.74) is 1.98. The minimum absolute atomic E-state index is 0. The van der Waals surface area contributed by atoms with Crippen molar-refractivity contribution in [3.05, 3.63) is 69.7 Å². The van der Waals surface area contributed by atoms with Crippen LogP contribution < -0.4 is 5.32 Å². The Morgan fingerprint density at radius 1 is 1.03 bits per heavy atom. The molecule has 0 saturated carbocycles. The topological polar surface area (TPSA) is 63.3 Å². The molecule has 11 heteroatoms. The first-order valence-corrected chi connectivity index (χ1v) is 13.6. The van der Waals surface area contributed by atoms with Gasteiger partial charge in [-0.05, 0) is 36.2 Å². The highest BCUT2D eigenvalue weighted by Crippen LogP contribution is 2.26. The first-order chi connectivity index (χ1) is 18.0. The van der Waals surface area contributed by atoms with E-state index in [0.29, 0.717) is 49.1 Å². The number of benzene rings is 2. The molecule has 7 nitrogen and oxygen atoms in total. The van der Waals surface area contributed by atoms with Crippen molar-refractivity contribution in [3.63, 3.8) is 0 Å². The summed E-state index contributed by atoms with van der Waals surface area (Å²) < 4.78 is 16.0. The highest BCUT2D eigenvalue weighted by atomic mass is 35.5. The van der Waals surface area contributed by atoms with Crippen molar-refractivity contribution in [2.24, 2.45) is 0 Å². The van der Waals surface area contributed by atoms with Crippen LogP contribution in [0.15, 0.2) is 48.5 Å². The van der Waals surface area contributed by atoms with Crippen molar-refractivity contribution in [2.45, 2.75) is 24.9 Å². The number of ether oxygens (including phenoxy) is 3. The van der Waals surface area contributed by atoms with Crippen LogP contribution in [0.3, 0.4) is 0 Å². The van der Waals surface area contributed by atoms with E-state index in [2.05, 4.69) is 22.3 Å². The number of likely N-dealkylation sites (N-methyl/N-ethyl adjacent to an activating group) is 1. The minimum atomic E-state index is -0.0448. The van der Waals surface area contributed by atoms with Gasteiger partial charge in [-0.3, -0.25) is 9.69 Å². The molecule has 220 valence electrons. The molecule has 2 aromatic rings. The number of hydrogen-bond donors (Lipinski definition) is 1. The monoisotopic (exact) mass is 623 g/mol. The van der Waals surface area contributed by atoms with Crippen molar-refractivity contribution >= 4 is 53.9 Å². The van der Waals surface area contributed by atoms with Gasteiger partial charge in [-0.15, -0.1) is 24.8 Å². The number of rotatable bonds is 16. The molecular formula is C28H41Cl4N3O4. The molecule has 1 aliphatic heterocycles. The van der Waals surface area contributed by atoms with E-state index in [1.165, 1.54) is 0 Å². The van der Waals surface area contributed by atoms with Crippen LogP contribution in [0.1, 0.15) is 23.6 Å². The van der Waals surface area contributed by atoms with Gasteiger partial charge >= 0.3 is 0 Å². The molecule has 2 atom stereocenters. The third-order valence-electron chi connectivity index (χ3n) is 6.57. The van der Waals surface area contributed by atoms with Gasteiger partial charge in [-0.1, -0.05) is 59.6 Å². The summed E-state index contributed by atoms with van der Waals surface area (Å²) in [4.78, 5) is 17.5. The first-order valence-electron chi connectivity index (χ1n) is 12.8. The van der Waals surface area contributed by atoms with Gasteiger partial charge in [0, 0.05) is 39.8 Å². The van der Waals surface area contributed by atoms with Gasteiger partial charge in [0.15, 0.2) is 0 Å². The standard InChI is InChI=1S/C28H39Cl2N3O4.2ClH/c1-32(28(34)19-22-8-9-25(29)26(30)18-22)27(23-6-4-3-5-7-23)21-33-12-10-24(20-33)31-11-13-36-16-17-37-15-14-35-2;;/h3-9,18,24,27,31H,10-17,19-21H2,1-2H3;2*1H/t24-,27?;;/m0../s1. The molecule has 1 amide bonds. The van der Waals surface area contributed by atoms with E-state index in [9.17, 15) is 4.79 Å². The maximum Gasteiger partial charge on any atom is 0.227 e. The Kier molecular flexibility index (Phi) is 18.3. The number of carbonyl (C=O) groups excluding carboxylic acids is 1. The number of nitrogens with zero attached hydrogens (tertiary/aromatic N) is 2. The zero-order valence-electron chi connectivity index (χ0n) is 22.7. The van der Waals surface area contributed by atoms with Crippen LogP contribution in [0.2, 0.25) is 10.0 Å². The molecule has 1 aliphatic rings. The third kappa shape index (κ3) is 12.5. The largest absolute Gasteiger partial charge is 0.382 e. The summed E-state index contributed by atoms with van der Waals surface area (Å²) in [6.07, 6.45) is 1.35. The lowest BCUT2D eigenvalue weighted by Gasteiger charge is -2.32. The number of halogens is 4. The molecule has 1 saturated heterocycles. The summed E-state index contributed by atoms with van der Waals surface area (Å²) in [6, 6.07) is 16.0. The molecule has 0 bridgehead atoms. The smallest absolute Gasteiger partial charge is 0.227 e. The van der Waals surface area contributed by atoms with Gasteiger partial charge in [0.25, 0.3) is 0 Å². The summed E-state index contributed by atoms with van der Waals surface area (Å²) in [5.74, 6) is 0.0458. The molecule has 0 aromatic heterocycles. The fraction of sp³-hybridized carbons (Fsp3) is 0.536. The Balaban J connectivity index is 0.00000380. The van der Waals surface area contributed by atoms with Crippen LogP contribution in [0.5, 0.6) is 0 Å². The zero-order chi connectivity index (χ0) is 26.5. The van der Waals surface area contributed by atoms with Gasteiger partial charge in [0.05, 0.1) is 55.5 Å². The van der Waals surface area contributed by atoms with E-state index in [1.807, 2.05) is 36.2 Å². The summed E-state index contributed by atoms with van der Waals surface area (Å²) in [7, 11) is 3.55. The lowest BCUT2D eigenvalue weighted by atomic mass is 10.0. The lowest BCUT2D eigenvalue weighted by molar-refractivity contribution is -0.131. The number of likely N-dealkylation sites (tertiary alicyclic amines) is 1. The predicted molar refractivity (Wildman–Crippen MR) is 163 cm³/mol. The molecule has 1 N–H and O–H groups in total. The van der Waals surface area contributed by atoms with Crippen molar-refractivity contribution in [1.82, 2.24) is 15.1 Å². The van der Waals surface area contributed by atoms with E-state index in [1.54, 1.807) is 19.2 Å². The van der Waals surface area contributed by atoms with E-state index in [0.717, 1.165) is 43.7 Å². The van der Waals surface area contributed by atoms with Crippen LogP contribution in [0.25, 0.3) is 0 Å². The predicted octanol–water partition coefficient (Wildman–Crippen LogP) is 4.92. The lowest BCUT2D eigenvalue weighted by Crippen LogP contribution is -2.41. The first kappa shape index (κ1) is 35.9. The van der Waals surface area contributed by atoms with E-state index >= 15 is 0 Å². The molecule has 1 heterocycles. The van der Waals surface area contributed by atoms with Crippen LogP contribution in [0, 0.1) is 0 Å². The second kappa shape index (κ2) is 19.9. The fourth-order valence-electron chi connectivity index (χ4n) is 4.46. The average molecular weight is 625 g/mol. The quantitative estimate of drug-likeness (QED) is 0.268. The zero-order valence-corrected chi connectivity index (χ0v) is 25.8. The van der Waals surface area contributed by atoms with Gasteiger partial charge in [-0.25, -0.2) is 0 Å². The average Bonchev–Trinajstić information content (AvgIpc) is 3.36. The summed E-state index contributed by atoms with van der Waals surface area (Å²) in [5, 5.41) is 4.55. The molecule has 1 fully saturated rings. The Morgan fingerprint density at radius 3 is 2.41 bits per heavy atom.